The highest BCUT2D eigenvalue weighted by atomic mass is 16.5. The Morgan fingerprint density at radius 3 is 2.50 bits per heavy atom. The zero-order valence-electron chi connectivity index (χ0n) is 18.9. The van der Waals surface area contributed by atoms with Gasteiger partial charge in [0.25, 0.3) is 5.91 Å². The number of hydrogen-bond acceptors (Lipinski definition) is 3. The van der Waals surface area contributed by atoms with Crippen LogP contribution < -0.4 is 9.47 Å². The molecule has 0 fully saturated rings. The number of benzene rings is 3. The van der Waals surface area contributed by atoms with Gasteiger partial charge in [-0.15, -0.1) is 0 Å². The molecular weight excluding hydrogens is 400 g/mol. The van der Waals surface area contributed by atoms with E-state index in [1.165, 1.54) is 0 Å². The quantitative estimate of drug-likeness (QED) is 0.428. The van der Waals surface area contributed by atoms with Crippen molar-refractivity contribution >= 4 is 16.8 Å². The highest BCUT2D eigenvalue weighted by molar-refractivity contribution is 5.86. The number of amides is 1. The van der Waals surface area contributed by atoms with E-state index < -0.39 is 0 Å². The van der Waals surface area contributed by atoms with Crippen molar-refractivity contribution in [1.29, 1.82) is 0 Å². The molecule has 1 atom stereocenters. The maximum Gasteiger partial charge on any atom is 0.261 e. The van der Waals surface area contributed by atoms with Gasteiger partial charge in [-0.1, -0.05) is 42.5 Å². The fourth-order valence-electron chi connectivity index (χ4n) is 3.98. The molecule has 0 saturated carbocycles. The number of methoxy groups -OCH3 is 1. The summed E-state index contributed by atoms with van der Waals surface area (Å²) in [4.78, 5) is 18.3. The number of carbonyl (C=O) groups is 1. The average molecular weight is 429 g/mol. The van der Waals surface area contributed by atoms with Crippen LogP contribution in [0.5, 0.6) is 11.5 Å². The van der Waals surface area contributed by atoms with Crippen LogP contribution in [-0.4, -0.2) is 36.6 Å². The third-order valence-electron chi connectivity index (χ3n) is 6.03. The number of likely N-dealkylation sites (N-methyl/N-ethyl adjacent to an activating group) is 1. The van der Waals surface area contributed by atoms with Crippen molar-refractivity contribution in [2.24, 2.45) is 0 Å². The number of hydrogen-bond donors (Lipinski definition) is 1. The summed E-state index contributed by atoms with van der Waals surface area (Å²) in [5.74, 6) is 1.41. The Labute approximate surface area is 188 Å². The summed E-state index contributed by atoms with van der Waals surface area (Å²) < 4.78 is 11.2. The number of ether oxygens (including phenoxy) is 2. The van der Waals surface area contributed by atoms with E-state index in [4.69, 9.17) is 9.47 Å². The minimum absolute atomic E-state index is 0.0319. The van der Waals surface area contributed by atoms with Gasteiger partial charge in [0.05, 0.1) is 13.2 Å². The number of fused-ring (bicyclic) bond motifs is 1. The monoisotopic (exact) mass is 428 g/mol. The highest BCUT2D eigenvalue weighted by Gasteiger charge is 2.26. The Kier molecular flexibility index (Phi) is 6.17. The summed E-state index contributed by atoms with van der Waals surface area (Å²) in [5, 5.41) is 1.09. The van der Waals surface area contributed by atoms with E-state index in [1.54, 1.807) is 12.0 Å². The summed E-state index contributed by atoms with van der Waals surface area (Å²) in [6, 6.07) is 21.6. The predicted molar refractivity (Wildman–Crippen MR) is 127 cm³/mol. The molecule has 4 aromatic rings. The van der Waals surface area contributed by atoms with Gasteiger partial charge in [0, 0.05) is 29.7 Å². The number of nitrogens with one attached hydrogen (secondary N) is 1. The van der Waals surface area contributed by atoms with E-state index in [-0.39, 0.29) is 18.6 Å². The molecular formula is C27H28N2O3. The first kappa shape index (κ1) is 21.5. The second-order valence-electron chi connectivity index (χ2n) is 7.96. The Balaban J connectivity index is 1.65. The van der Waals surface area contributed by atoms with E-state index >= 15 is 0 Å². The zero-order valence-corrected chi connectivity index (χ0v) is 18.9. The molecule has 1 heterocycles. The first-order valence-corrected chi connectivity index (χ1v) is 10.6. The molecule has 4 rings (SSSR count). The van der Waals surface area contributed by atoms with Crippen LogP contribution in [0.1, 0.15) is 28.3 Å². The molecule has 0 radical (unpaired) electrons. The largest absolute Gasteiger partial charge is 0.497 e. The number of carbonyl (C=O) groups excluding carboxylic acids is 1. The lowest BCUT2D eigenvalue weighted by Gasteiger charge is -2.29. The van der Waals surface area contributed by atoms with Crippen LogP contribution in [0, 0.1) is 13.8 Å². The Hall–Kier alpha value is -3.73. The normalized spacial score (nSPS) is 11.9. The molecule has 32 heavy (non-hydrogen) atoms. The molecule has 0 spiro atoms. The number of aromatic amines is 1. The Bertz CT molecular complexity index is 1230. The Morgan fingerprint density at radius 2 is 1.75 bits per heavy atom. The summed E-state index contributed by atoms with van der Waals surface area (Å²) in [7, 11) is 3.47. The third kappa shape index (κ3) is 4.19. The molecule has 5 heteroatoms. The van der Waals surface area contributed by atoms with Gasteiger partial charge >= 0.3 is 0 Å². The maximum absolute atomic E-state index is 13.2. The standard InChI is InChI=1S/C27H28N2O3/c1-18-8-7-11-25(19(18)2)32-17-26(30)29(3)27(20-12-14-21(31-4)15-13-20)23-16-28-24-10-6-5-9-22(23)24/h5-16,27-28H,17H2,1-4H3/t27-/m1/s1. The highest BCUT2D eigenvalue weighted by Crippen LogP contribution is 2.34. The topological polar surface area (TPSA) is 54.6 Å². The number of aromatic nitrogens is 1. The van der Waals surface area contributed by atoms with Crippen LogP contribution in [-0.2, 0) is 4.79 Å². The van der Waals surface area contributed by atoms with E-state index in [0.29, 0.717) is 0 Å². The summed E-state index contributed by atoms with van der Waals surface area (Å²) in [6.45, 7) is 4.01. The van der Waals surface area contributed by atoms with E-state index in [9.17, 15) is 4.79 Å². The van der Waals surface area contributed by atoms with Crippen molar-refractivity contribution in [3.8, 4) is 11.5 Å². The van der Waals surface area contributed by atoms with Crippen molar-refractivity contribution in [3.63, 3.8) is 0 Å². The summed E-state index contributed by atoms with van der Waals surface area (Å²) in [5.41, 5.74) is 5.25. The second kappa shape index (κ2) is 9.18. The van der Waals surface area contributed by atoms with Crippen molar-refractivity contribution < 1.29 is 14.3 Å². The first-order chi connectivity index (χ1) is 15.5. The van der Waals surface area contributed by atoms with Crippen LogP contribution in [0.4, 0.5) is 0 Å². The van der Waals surface area contributed by atoms with Crippen LogP contribution >= 0.6 is 0 Å². The van der Waals surface area contributed by atoms with E-state index in [2.05, 4.69) is 11.1 Å². The van der Waals surface area contributed by atoms with Gasteiger partial charge in [0.2, 0.25) is 0 Å². The smallest absolute Gasteiger partial charge is 0.261 e. The van der Waals surface area contributed by atoms with Crippen molar-refractivity contribution in [2.45, 2.75) is 19.9 Å². The molecule has 0 bridgehead atoms. The molecule has 0 aliphatic rings. The van der Waals surface area contributed by atoms with E-state index in [1.807, 2.05) is 87.8 Å². The predicted octanol–water partition coefficient (Wildman–Crippen LogP) is 5.42. The van der Waals surface area contributed by atoms with Crippen LogP contribution in [0.2, 0.25) is 0 Å². The first-order valence-electron chi connectivity index (χ1n) is 10.6. The van der Waals surface area contributed by atoms with Crippen molar-refractivity contribution in [2.75, 3.05) is 20.8 Å². The lowest BCUT2D eigenvalue weighted by Crippen LogP contribution is -2.35. The fourth-order valence-corrected chi connectivity index (χ4v) is 3.98. The Morgan fingerprint density at radius 1 is 1.00 bits per heavy atom. The molecule has 5 nitrogen and oxygen atoms in total. The lowest BCUT2D eigenvalue weighted by molar-refractivity contribution is -0.133. The van der Waals surface area contributed by atoms with Crippen LogP contribution in [0.15, 0.2) is 72.9 Å². The van der Waals surface area contributed by atoms with Gasteiger partial charge in [-0.25, -0.2) is 0 Å². The van der Waals surface area contributed by atoms with Crippen LogP contribution in [0.25, 0.3) is 10.9 Å². The average Bonchev–Trinajstić information content (AvgIpc) is 3.24. The molecule has 1 aromatic heterocycles. The number of aryl methyl sites for hydroxylation is 1. The van der Waals surface area contributed by atoms with Gasteiger partial charge in [-0.2, -0.15) is 0 Å². The van der Waals surface area contributed by atoms with Gasteiger partial charge in [0.15, 0.2) is 6.61 Å². The fraction of sp³-hybridized carbons (Fsp3) is 0.222. The SMILES string of the molecule is COc1ccc([C@H](c2c[nH]c3ccccc23)N(C)C(=O)COc2cccc(C)c2C)cc1. The number of rotatable bonds is 7. The summed E-state index contributed by atoms with van der Waals surface area (Å²) in [6.07, 6.45) is 1.98. The van der Waals surface area contributed by atoms with Crippen molar-refractivity contribution in [1.82, 2.24) is 9.88 Å². The molecule has 3 aromatic carbocycles. The number of nitrogens with zero attached hydrogens (tertiary/aromatic N) is 1. The lowest BCUT2D eigenvalue weighted by atomic mass is 9.96. The van der Waals surface area contributed by atoms with Crippen LogP contribution in [0.3, 0.4) is 0 Å². The number of H-pyrrole nitrogens is 1. The van der Waals surface area contributed by atoms with Gasteiger partial charge in [0.1, 0.15) is 11.5 Å². The molecule has 1 N–H and O–H groups in total. The number of para-hydroxylation sites is 1. The van der Waals surface area contributed by atoms with E-state index in [0.717, 1.165) is 44.7 Å². The van der Waals surface area contributed by atoms with Gasteiger partial charge in [-0.05, 0) is 54.8 Å². The molecule has 164 valence electrons. The maximum atomic E-state index is 13.2. The molecule has 0 aliphatic carbocycles. The molecule has 0 unspecified atom stereocenters. The molecule has 0 aliphatic heterocycles. The zero-order chi connectivity index (χ0) is 22.7. The van der Waals surface area contributed by atoms with Crippen molar-refractivity contribution in [3.05, 3.63) is 95.2 Å². The van der Waals surface area contributed by atoms with Gasteiger partial charge in [-0.3, -0.25) is 4.79 Å². The van der Waals surface area contributed by atoms with Gasteiger partial charge < -0.3 is 19.4 Å². The minimum Gasteiger partial charge on any atom is -0.497 e. The molecule has 0 saturated heterocycles. The molecule has 1 amide bonds. The summed E-state index contributed by atoms with van der Waals surface area (Å²) >= 11 is 0. The third-order valence-corrected chi connectivity index (χ3v) is 6.03. The minimum atomic E-state index is -0.272. The second-order valence-corrected chi connectivity index (χ2v) is 7.96.